The molecule has 0 bridgehead atoms. The van der Waals surface area contributed by atoms with Gasteiger partial charge in [0.1, 0.15) is 5.54 Å². The Morgan fingerprint density at radius 3 is 2.65 bits per heavy atom. The minimum absolute atomic E-state index is 0.0695. The van der Waals surface area contributed by atoms with E-state index in [0.717, 1.165) is 44.3 Å². The normalized spacial score (nSPS) is 20.7. The molecule has 1 amide bonds. The summed E-state index contributed by atoms with van der Waals surface area (Å²) in [6.45, 7) is 6.58. The largest absolute Gasteiger partial charge is 0.335 e. The van der Waals surface area contributed by atoms with E-state index in [1.807, 2.05) is 31.3 Å². The number of carbonyl (C=O) groups excluding carboxylic acids is 1. The van der Waals surface area contributed by atoms with Crippen molar-refractivity contribution < 1.29 is 9.69 Å². The fraction of sp³-hybridized carbons (Fsp3) is 0.524. The summed E-state index contributed by atoms with van der Waals surface area (Å²) in [5.74, 6) is 3.37. The van der Waals surface area contributed by atoms with Crippen LogP contribution >= 0.6 is 11.3 Å². The molecule has 0 atom stereocenters. The maximum absolute atomic E-state index is 12.4. The van der Waals surface area contributed by atoms with Crippen molar-refractivity contribution in [2.75, 3.05) is 19.6 Å². The molecule has 1 aliphatic heterocycles. The number of para-hydroxylation sites is 1. The van der Waals surface area contributed by atoms with Crippen molar-refractivity contribution in [1.82, 2.24) is 10.3 Å². The molecule has 0 saturated carbocycles. The highest BCUT2D eigenvalue weighted by Crippen LogP contribution is 2.31. The van der Waals surface area contributed by atoms with Crippen LogP contribution in [-0.4, -0.2) is 36.1 Å². The second-order valence-electron chi connectivity index (χ2n) is 7.20. The summed E-state index contributed by atoms with van der Waals surface area (Å²) in [5.41, 5.74) is 0.613. The smallest absolute Gasteiger partial charge is 0.276 e. The summed E-state index contributed by atoms with van der Waals surface area (Å²) < 4.78 is 1.27. The number of rotatable bonds is 6. The molecule has 1 aromatic carbocycles. The van der Waals surface area contributed by atoms with Gasteiger partial charge in [0.25, 0.3) is 5.91 Å². The molecule has 0 spiro atoms. The molecule has 3 rings (SSSR count). The Morgan fingerprint density at radius 1 is 1.35 bits per heavy atom. The Balaban J connectivity index is 1.53. The fourth-order valence-corrected chi connectivity index (χ4v) is 4.86. The van der Waals surface area contributed by atoms with Crippen molar-refractivity contribution in [3.8, 4) is 12.3 Å². The quantitative estimate of drug-likeness (QED) is 0.767. The van der Waals surface area contributed by atoms with Gasteiger partial charge in [-0.1, -0.05) is 31.9 Å². The van der Waals surface area contributed by atoms with E-state index in [4.69, 9.17) is 11.4 Å². The zero-order valence-corrected chi connectivity index (χ0v) is 16.5. The van der Waals surface area contributed by atoms with Crippen molar-refractivity contribution in [1.29, 1.82) is 0 Å². The predicted octanol–water partition coefficient (Wildman–Crippen LogP) is 2.37. The van der Waals surface area contributed by atoms with Gasteiger partial charge >= 0.3 is 0 Å². The van der Waals surface area contributed by atoms with Gasteiger partial charge in [-0.15, -0.1) is 17.8 Å². The number of terminal acetylenes is 1. The average Bonchev–Trinajstić information content (AvgIpc) is 3.11. The van der Waals surface area contributed by atoms with Gasteiger partial charge in [0, 0.05) is 18.8 Å². The number of aromatic nitrogens is 1. The Bertz CT molecular complexity index is 762. The summed E-state index contributed by atoms with van der Waals surface area (Å²) in [7, 11) is 0. The van der Waals surface area contributed by atoms with Crippen LogP contribution in [-0.2, 0) is 4.79 Å². The van der Waals surface area contributed by atoms with E-state index < -0.39 is 5.54 Å². The van der Waals surface area contributed by atoms with E-state index in [-0.39, 0.29) is 5.91 Å². The maximum Gasteiger partial charge on any atom is 0.276 e. The van der Waals surface area contributed by atoms with Gasteiger partial charge in [0.2, 0.25) is 0 Å². The van der Waals surface area contributed by atoms with Crippen molar-refractivity contribution in [3.63, 3.8) is 0 Å². The molecule has 0 unspecified atom stereocenters. The molecule has 1 fully saturated rings. The number of carbonyl (C=O) groups is 1. The lowest BCUT2D eigenvalue weighted by molar-refractivity contribution is -0.897. The zero-order valence-electron chi connectivity index (χ0n) is 15.7. The third-order valence-corrected chi connectivity index (χ3v) is 6.82. The molecule has 1 aliphatic rings. The lowest BCUT2D eigenvalue weighted by Crippen LogP contribution is -3.14. The number of likely N-dealkylation sites (tertiary alicyclic amines) is 1. The number of nitrogens with one attached hydrogen (secondary N) is 2. The number of fused-ring (bicyclic) bond motifs is 1. The van der Waals surface area contributed by atoms with Crippen LogP contribution in [0.5, 0.6) is 0 Å². The van der Waals surface area contributed by atoms with Crippen LogP contribution < -0.4 is 10.2 Å². The average molecular weight is 371 g/mol. The number of amides is 1. The number of hydrogen-bond acceptors (Lipinski definition) is 3. The summed E-state index contributed by atoms with van der Waals surface area (Å²) >= 11 is 1.81. The molecule has 26 heavy (non-hydrogen) atoms. The van der Waals surface area contributed by atoms with Crippen molar-refractivity contribution >= 4 is 27.5 Å². The first-order valence-corrected chi connectivity index (χ1v) is 10.4. The molecule has 138 valence electrons. The van der Waals surface area contributed by atoms with Crippen LogP contribution in [0.25, 0.3) is 10.2 Å². The minimum Gasteiger partial charge on any atom is -0.335 e. The third-order valence-electron chi connectivity index (χ3n) is 5.63. The molecule has 2 N–H and O–H groups in total. The summed E-state index contributed by atoms with van der Waals surface area (Å²) in [5, 5.41) is 4.33. The molecular weight excluding hydrogens is 342 g/mol. The first-order chi connectivity index (χ1) is 12.6. The molecule has 2 aromatic rings. The SMILES string of the molecule is C#CC(CC)(CC)NC(=O)C[NH+]1CCC(c2nc3ccccc3s2)CC1. The second-order valence-corrected chi connectivity index (χ2v) is 8.26. The Morgan fingerprint density at radius 2 is 2.04 bits per heavy atom. The standard InChI is InChI=1S/C21H27N3OS/c1-4-21(5-2,6-3)23-19(25)15-24-13-11-16(12-14-24)20-22-17-9-7-8-10-18(17)26-20/h1,7-10,16H,5-6,11-15H2,2-3H3,(H,23,25)/p+1. The van der Waals surface area contributed by atoms with Crippen LogP contribution in [0.15, 0.2) is 24.3 Å². The lowest BCUT2D eigenvalue weighted by Gasteiger charge is -2.30. The van der Waals surface area contributed by atoms with E-state index >= 15 is 0 Å². The molecule has 0 aliphatic carbocycles. The van der Waals surface area contributed by atoms with Crippen LogP contribution in [0.3, 0.4) is 0 Å². The summed E-state index contributed by atoms with van der Waals surface area (Å²) in [6.07, 6.45) is 9.35. The van der Waals surface area contributed by atoms with Gasteiger partial charge in [0.05, 0.1) is 28.3 Å². The third kappa shape index (κ3) is 4.08. The number of nitrogens with zero attached hydrogens (tertiary/aromatic N) is 1. The van der Waals surface area contributed by atoms with Gasteiger partial charge in [0.15, 0.2) is 6.54 Å². The topological polar surface area (TPSA) is 46.4 Å². The zero-order chi connectivity index (χ0) is 18.6. The molecule has 2 heterocycles. The highest BCUT2D eigenvalue weighted by molar-refractivity contribution is 7.18. The Hall–Kier alpha value is -1.90. The number of piperidine rings is 1. The first-order valence-electron chi connectivity index (χ1n) is 9.57. The van der Waals surface area contributed by atoms with Gasteiger partial charge in [-0.25, -0.2) is 4.98 Å². The Labute approximate surface area is 160 Å². The van der Waals surface area contributed by atoms with Crippen molar-refractivity contribution in [2.45, 2.75) is 51.0 Å². The number of hydrogen-bond donors (Lipinski definition) is 2. The van der Waals surface area contributed by atoms with E-state index in [9.17, 15) is 4.79 Å². The van der Waals surface area contributed by atoms with Gasteiger partial charge in [-0.3, -0.25) is 4.79 Å². The van der Waals surface area contributed by atoms with Gasteiger partial charge in [-0.05, 0) is 25.0 Å². The van der Waals surface area contributed by atoms with Crippen LogP contribution in [0.2, 0.25) is 0 Å². The number of thiazole rings is 1. The molecule has 1 aromatic heterocycles. The van der Waals surface area contributed by atoms with Gasteiger partial charge in [-0.2, -0.15) is 0 Å². The predicted molar refractivity (Wildman–Crippen MR) is 107 cm³/mol. The molecule has 4 nitrogen and oxygen atoms in total. The highest BCUT2D eigenvalue weighted by atomic mass is 32.1. The van der Waals surface area contributed by atoms with E-state index in [1.165, 1.54) is 14.6 Å². The van der Waals surface area contributed by atoms with Crippen LogP contribution in [0.1, 0.15) is 50.5 Å². The van der Waals surface area contributed by atoms with Crippen molar-refractivity contribution in [2.24, 2.45) is 0 Å². The lowest BCUT2D eigenvalue weighted by atomic mass is 9.93. The van der Waals surface area contributed by atoms with Crippen molar-refractivity contribution in [3.05, 3.63) is 29.3 Å². The molecule has 1 saturated heterocycles. The Kier molecular flexibility index (Phi) is 5.95. The second kappa shape index (κ2) is 8.20. The molecule has 5 heteroatoms. The van der Waals surface area contributed by atoms with E-state index in [0.29, 0.717) is 12.5 Å². The fourth-order valence-electron chi connectivity index (χ4n) is 3.72. The first kappa shape index (κ1) is 18.9. The van der Waals surface area contributed by atoms with Gasteiger partial charge < -0.3 is 10.2 Å². The van der Waals surface area contributed by atoms with Crippen LogP contribution in [0, 0.1) is 12.3 Å². The number of quaternary nitrogens is 1. The highest BCUT2D eigenvalue weighted by Gasteiger charge is 2.30. The summed E-state index contributed by atoms with van der Waals surface area (Å²) in [6, 6.07) is 8.33. The monoisotopic (exact) mass is 370 g/mol. The minimum atomic E-state index is -0.490. The van der Waals surface area contributed by atoms with E-state index in [1.54, 1.807) is 0 Å². The maximum atomic E-state index is 12.4. The molecular formula is C21H28N3OS+. The van der Waals surface area contributed by atoms with Crippen LogP contribution in [0.4, 0.5) is 0 Å². The molecule has 0 radical (unpaired) electrons. The summed E-state index contributed by atoms with van der Waals surface area (Å²) in [4.78, 5) is 18.6. The van der Waals surface area contributed by atoms with E-state index in [2.05, 4.69) is 29.4 Å². The number of benzene rings is 1.